The average Bonchev–Trinajstić information content (AvgIpc) is 2.82. The molecule has 0 aliphatic heterocycles. The largest absolute Gasteiger partial charge is 0.461 e. The maximum atomic E-state index is 13.1. The molecule has 2 rings (SSSR count). The smallest absolute Gasteiger partial charge is 0.331 e. The second-order valence-electron chi connectivity index (χ2n) is 7.76. The Morgan fingerprint density at radius 2 is 1.45 bits per heavy atom. The Morgan fingerprint density at radius 1 is 0.909 bits per heavy atom. The van der Waals surface area contributed by atoms with Gasteiger partial charge in [-0.2, -0.15) is 0 Å². The van der Waals surface area contributed by atoms with Crippen LogP contribution in [-0.2, 0) is 41.0 Å². The minimum Gasteiger partial charge on any atom is -0.461 e. The van der Waals surface area contributed by atoms with E-state index in [4.69, 9.17) is 13.8 Å². The predicted octanol–water partition coefficient (Wildman–Crippen LogP) is 4.61. The lowest BCUT2D eigenvalue weighted by atomic mass is 10.00. The highest BCUT2D eigenvalue weighted by Gasteiger charge is 2.33. The van der Waals surface area contributed by atoms with E-state index in [1.54, 1.807) is 20.8 Å². The highest BCUT2D eigenvalue weighted by atomic mass is 31.2. The van der Waals surface area contributed by atoms with Gasteiger partial charge in [-0.3, -0.25) is 14.2 Å². The molecule has 0 heterocycles. The number of hydrogen-bond donors (Lipinski definition) is 1. The molecule has 0 fully saturated rings. The van der Waals surface area contributed by atoms with E-state index in [2.05, 4.69) is 5.32 Å². The third kappa shape index (κ3) is 9.50. The quantitative estimate of drug-likeness (QED) is 0.317. The van der Waals surface area contributed by atoms with Crippen LogP contribution < -0.4 is 5.32 Å². The van der Waals surface area contributed by atoms with Gasteiger partial charge >= 0.3 is 13.6 Å². The van der Waals surface area contributed by atoms with E-state index >= 15 is 0 Å². The van der Waals surface area contributed by atoms with Gasteiger partial charge in [0.15, 0.2) is 0 Å². The van der Waals surface area contributed by atoms with Gasteiger partial charge in [0.05, 0.1) is 31.2 Å². The summed E-state index contributed by atoms with van der Waals surface area (Å²) < 4.78 is 29.2. The zero-order chi connectivity index (χ0) is 24.1. The standard InChI is InChI=1S/C25H34NO6P/c1-4-31-33(29,32-5-2)19-23(16-21-12-8-6-9-13-21)24(27)26-17-20(3)25(28)30-18-22-14-10-7-11-15-22/h6-15,20,23H,4-5,16-19H2,1-3H3,(H,26,27)/t20-,23+/m0/s1. The first-order chi connectivity index (χ1) is 15.9. The van der Waals surface area contributed by atoms with E-state index in [-0.39, 0.29) is 38.4 Å². The zero-order valence-corrected chi connectivity index (χ0v) is 20.5. The Balaban J connectivity index is 1.99. The van der Waals surface area contributed by atoms with E-state index in [1.165, 1.54) is 0 Å². The minimum absolute atomic E-state index is 0.0394. The third-order valence-electron chi connectivity index (χ3n) is 5.00. The molecule has 1 N–H and O–H groups in total. The Bertz CT molecular complexity index is 896. The lowest BCUT2D eigenvalue weighted by Gasteiger charge is -2.23. The first-order valence-corrected chi connectivity index (χ1v) is 13.0. The van der Waals surface area contributed by atoms with Crippen molar-refractivity contribution in [1.82, 2.24) is 5.32 Å². The first kappa shape index (κ1) is 26.8. The molecule has 33 heavy (non-hydrogen) atoms. The van der Waals surface area contributed by atoms with Crippen LogP contribution >= 0.6 is 7.60 Å². The van der Waals surface area contributed by atoms with E-state index in [0.29, 0.717) is 6.42 Å². The summed E-state index contributed by atoms with van der Waals surface area (Å²) in [5.41, 5.74) is 1.83. The Labute approximate surface area is 196 Å². The molecule has 0 aromatic heterocycles. The van der Waals surface area contributed by atoms with Gasteiger partial charge in [-0.1, -0.05) is 67.6 Å². The number of nitrogens with one attached hydrogen (secondary N) is 1. The molecule has 0 saturated heterocycles. The number of esters is 1. The second kappa shape index (κ2) is 13.9. The van der Waals surface area contributed by atoms with Gasteiger partial charge in [-0.15, -0.1) is 0 Å². The summed E-state index contributed by atoms with van der Waals surface area (Å²) in [6.07, 6.45) is 0.339. The molecule has 2 aromatic carbocycles. The lowest BCUT2D eigenvalue weighted by molar-refractivity contribution is -0.149. The van der Waals surface area contributed by atoms with Crippen molar-refractivity contribution in [3.05, 3.63) is 71.8 Å². The van der Waals surface area contributed by atoms with Crippen LogP contribution in [-0.4, -0.2) is 37.8 Å². The molecule has 2 atom stereocenters. The van der Waals surface area contributed by atoms with E-state index < -0.39 is 25.4 Å². The number of benzene rings is 2. The number of rotatable bonds is 14. The Hall–Kier alpha value is -2.47. The van der Waals surface area contributed by atoms with Crippen molar-refractivity contribution in [2.75, 3.05) is 25.9 Å². The van der Waals surface area contributed by atoms with Crippen molar-refractivity contribution in [2.24, 2.45) is 11.8 Å². The van der Waals surface area contributed by atoms with Crippen molar-refractivity contribution in [2.45, 2.75) is 33.8 Å². The highest BCUT2D eigenvalue weighted by molar-refractivity contribution is 7.53. The van der Waals surface area contributed by atoms with Crippen LogP contribution in [0.25, 0.3) is 0 Å². The molecule has 0 aliphatic carbocycles. The van der Waals surface area contributed by atoms with Gasteiger partial charge in [-0.25, -0.2) is 0 Å². The monoisotopic (exact) mass is 475 g/mol. The van der Waals surface area contributed by atoms with Crippen LogP contribution in [0.5, 0.6) is 0 Å². The van der Waals surface area contributed by atoms with Crippen LogP contribution in [0.1, 0.15) is 31.9 Å². The van der Waals surface area contributed by atoms with Crippen molar-refractivity contribution < 1.29 is 27.9 Å². The van der Waals surface area contributed by atoms with Gasteiger partial charge < -0.3 is 19.1 Å². The normalized spacial score (nSPS) is 13.2. The summed E-state index contributed by atoms with van der Waals surface area (Å²) in [5, 5.41) is 2.82. The summed E-state index contributed by atoms with van der Waals surface area (Å²) >= 11 is 0. The van der Waals surface area contributed by atoms with Crippen molar-refractivity contribution in [1.29, 1.82) is 0 Å². The van der Waals surface area contributed by atoms with Crippen molar-refractivity contribution in [3.8, 4) is 0 Å². The Kier molecular flexibility index (Phi) is 11.3. The lowest BCUT2D eigenvalue weighted by Crippen LogP contribution is -2.38. The van der Waals surface area contributed by atoms with Crippen LogP contribution in [0.15, 0.2) is 60.7 Å². The number of amides is 1. The maximum Gasteiger partial charge on any atom is 0.331 e. The molecule has 0 spiro atoms. The highest BCUT2D eigenvalue weighted by Crippen LogP contribution is 2.50. The molecule has 0 bridgehead atoms. The van der Waals surface area contributed by atoms with Gasteiger partial charge in [0, 0.05) is 6.54 Å². The molecule has 2 aromatic rings. The van der Waals surface area contributed by atoms with Crippen LogP contribution in [0.3, 0.4) is 0 Å². The summed E-state index contributed by atoms with van der Waals surface area (Å²) in [5.74, 6) is -1.86. The fraction of sp³-hybridized carbons (Fsp3) is 0.440. The van der Waals surface area contributed by atoms with E-state index in [1.807, 2.05) is 60.7 Å². The molecule has 0 unspecified atom stereocenters. The summed E-state index contributed by atoms with van der Waals surface area (Å²) in [6, 6.07) is 18.9. The predicted molar refractivity (Wildman–Crippen MR) is 128 cm³/mol. The van der Waals surface area contributed by atoms with Gasteiger partial charge in [0.2, 0.25) is 5.91 Å². The fourth-order valence-corrected chi connectivity index (χ4v) is 5.20. The molecular formula is C25H34NO6P. The van der Waals surface area contributed by atoms with Gasteiger partial charge in [0.1, 0.15) is 6.61 Å². The van der Waals surface area contributed by atoms with Crippen molar-refractivity contribution in [3.63, 3.8) is 0 Å². The number of carbonyl (C=O) groups excluding carboxylic acids is 2. The molecule has 180 valence electrons. The van der Waals surface area contributed by atoms with Gasteiger partial charge in [0.25, 0.3) is 0 Å². The summed E-state index contributed by atoms with van der Waals surface area (Å²) in [4.78, 5) is 25.4. The minimum atomic E-state index is -3.43. The van der Waals surface area contributed by atoms with Crippen LogP contribution in [0, 0.1) is 11.8 Å². The average molecular weight is 476 g/mol. The first-order valence-electron chi connectivity index (χ1n) is 11.3. The molecule has 8 heteroatoms. The van der Waals surface area contributed by atoms with E-state index in [0.717, 1.165) is 11.1 Å². The van der Waals surface area contributed by atoms with E-state index in [9.17, 15) is 14.2 Å². The number of hydrogen-bond acceptors (Lipinski definition) is 6. The molecule has 0 saturated carbocycles. The molecular weight excluding hydrogens is 441 g/mol. The topological polar surface area (TPSA) is 90.9 Å². The molecule has 0 aliphatic rings. The number of ether oxygens (including phenoxy) is 1. The van der Waals surface area contributed by atoms with Gasteiger partial charge in [-0.05, 0) is 31.4 Å². The van der Waals surface area contributed by atoms with Crippen molar-refractivity contribution >= 4 is 19.5 Å². The summed E-state index contributed by atoms with van der Waals surface area (Å²) in [6.45, 7) is 5.92. The summed E-state index contributed by atoms with van der Waals surface area (Å²) in [7, 11) is -3.43. The Morgan fingerprint density at radius 3 is 2.00 bits per heavy atom. The SMILES string of the molecule is CCOP(=O)(C[C@@H](Cc1ccccc1)C(=O)NC[C@H](C)C(=O)OCc1ccccc1)OCC. The maximum absolute atomic E-state index is 13.1. The molecule has 0 radical (unpaired) electrons. The molecule has 7 nitrogen and oxygen atoms in total. The third-order valence-corrected chi connectivity index (χ3v) is 7.19. The zero-order valence-electron chi connectivity index (χ0n) is 19.6. The number of carbonyl (C=O) groups is 2. The van der Waals surface area contributed by atoms with Crippen LogP contribution in [0.2, 0.25) is 0 Å². The molecule has 1 amide bonds. The second-order valence-corrected chi connectivity index (χ2v) is 9.86. The fourth-order valence-electron chi connectivity index (χ4n) is 3.30. The van der Waals surface area contributed by atoms with Crippen LogP contribution in [0.4, 0.5) is 0 Å².